The van der Waals surface area contributed by atoms with E-state index in [2.05, 4.69) is 0 Å². The summed E-state index contributed by atoms with van der Waals surface area (Å²) in [7, 11) is 0. The molecule has 1 aromatic heterocycles. The summed E-state index contributed by atoms with van der Waals surface area (Å²) in [4.78, 5) is 24.1. The molecule has 90 valence electrons. The molecule has 0 aromatic carbocycles. The summed E-state index contributed by atoms with van der Waals surface area (Å²) in [6.07, 6.45) is 1.69. The minimum atomic E-state index is -0.216. The van der Waals surface area contributed by atoms with Gasteiger partial charge < -0.3 is 4.57 Å². The van der Waals surface area contributed by atoms with Gasteiger partial charge in [0.15, 0.2) is 0 Å². The van der Waals surface area contributed by atoms with Gasteiger partial charge in [-0.25, -0.2) is 4.79 Å². The van der Waals surface area contributed by atoms with Crippen LogP contribution in [0.5, 0.6) is 0 Å². The highest BCUT2D eigenvalue weighted by Crippen LogP contribution is 2.08. The molecule has 0 fully saturated rings. The Bertz CT molecular complexity index is 481. The lowest BCUT2D eigenvalue weighted by atomic mass is 10.1. The molecule has 1 rings (SSSR count). The van der Waals surface area contributed by atoms with Gasteiger partial charge in [-0.2, -0.15) is 0 Å². The molecule has 4 nitrogen and oxygen atoms in total. The molecule has 0 saturated carbocycles. The topological polar surface area (TPSA) is 44.0 Å². The number of nitrogens with zero attached hydrogens (tertiary/aromatic N) is 2. The van der Waals surface area contributed by atoms with Gasteiger partial charge in [-0.15, -0.1) is 0 Å². The van der Waals surface area contributed by atoms with E-state index in [-0.39, 0.29) is 23.2 Å². The maximum absolute atomic E-state index is 12.1. The molecule has 0 bridgehead atoms. The fourth-order valence-electron chi connectivity index (χ4n) is 1.72. The van der Waals surface area contributed by atoms with Gasteiger partial charge in [-0.1, -0.05) is 13.8 Å². The summed E-state index contributed by atoms with van der Waals surface area (Å²) in [6, 6.07) is -0.100. The van der Waals surface area contributed by atoms with Crippen LogP contribution in [-0.4, -0.2) is 9.13 Å². The molecule has 0 atom stereocenters. The second-order valence-electron chi connectivity index (χ2n) is 4.58. The predicted molar refractivity (Wildman–Crippen MR) is 65.1 cm³/mol. The summed E-state index contributed by atoms with van der Waals surface area (Å²) in [5, 5.41) is 0. The Morgan fingerprint density at radius 2 is 1.75 bits per heavy atom. The second-order valence-corrected chi connectivity index (χ2v) is 4.58. The zero-order chi connectivity index (χ0) is 12.5. The Labute approximate surface area is 95.5 Å². The molecule has 0 unspecified atom stereocenters. The molecule has 0 amide bonds. The fraction of sp³-hybridized carbons (Fsp3) is 0.667. The van der Waals surface area contributed by atoms with Crippen LogP contribution in [0.3, 0.4) is 0 Å². The highest BCUT2D eigenvalue weighted by atomic mass is 16.2. The molecule has 4 heteroatoms. The summed E-state index contributed by atoms with van der Waals surface area (Å²) in [6.45, 7) is 10.1. The first kappa shape index (κ1) is 12.7. The average molecular weight is 224 g/mol. The van der Waals surface area contributed by atoms with Gasteiger partial charge >= 0.3 is 5.69 Å². The van der Waals surface area contributed by atoms with E-state index in [4.69, 9.17) is 0 Å². The smallest absolute Gasteiger partial charge is 0.300 e. The number of hydrogen-bond acceptors (Lipinski definition) is 2. The largest absolute Gasteiger partial charge is 0.331 e. The molecule has 0 N–H and O–H groups in total. The van der Waals surface area contributed by atoms with Gasteiger partial charge in [0.1, 0.15) is 0 Å². The van der Waals surface area contributed by atoms with Crippen LogP contribution in [0.4, 0.5) is 0 Å². The maximum Gasteiger partial charge on any atom is 0.331 e. The molecule has 0 aliphatic rings. The van der Waals surface area contributed by atoms with Crippen LogP contribution in [0, 0.1) is 0 Å². The van der Waals surface area contributed by atoms with Gasteiger partial charge in [-0.3, -0.25) is 9.36 Å². The summed E-state index contributed by atoms with van der Waals surface area (Å²) in [5.74, 6) is 0.135. The van der Waals surface area contributed by atoms with Crippen LogP contribution in [-0.2, 0) is 6.54 Å². The standard InChI is InChI=1S/C12H20N2O2/c1-6-13-7-10(8(2)3)11(15)14(9(4)5)12(13)16/h7-9H,6H2,1-5H3. The summed E-state index contributed by atoms with van der Waals surface area (Å²) in [5.41, 5.74) is 0.335. The van der Waals surface area contributed by atoms with Crippen molar-refractivity contribution in [2.45, 2.75) is 53.1 Å². The zero-order valence-corrected chi connectivity index (χ0v) is 10.7. The molecular formula is C12H20N2O2. The monoisotopic (exact) mass is 224 g/mol. The van der Waals surface area contributed by atoms with E-state index in [1.807, 2.05) is 34.6 Å². The van der Waals surface area contributed by atoms with Gasteiger partial charge in [0, 0.05) is 24.3 Å². The second kappa shape index (κ2) is 4.68. The Balaban J connectivity index is 3.66. The number of aromatic nitrogens is 2. The van der Waals surface area contributed by atoms with E-state index >= 15 is 0 Å². The molecule has 0 spiro atoms. The van der Waals surface area contributed by atoms with Crippen molar-refractivity contribution in [3.8, 4) is 0 Å². The van der Waals surface area contributed by atoms with E-state index in [1.54, 1.807) is 10.8 Å². The molecule has 0 radical (unpaired) electrons. The highest BCUT2D eigenvalue weighted by Gasteiger charge is 2.14. The molecule has 0 aliphatic heterocycles. The van der Waals surface area contributed by atoms with Crippen LogP contribution in [0.2, 0.25) is 0 Å². The molecule has 16 heavy (non-hydrogen) atoms. The normalized spacial score (nSPS) is 11.4. The first-order chi connectivity index (χ1) is 7.40. The van der Waals surface area contributed by atoms with Crippen molar-refractivity contribution in [2.24, 2.45) is 0 Å². The minimum absolute atomic E-state index is 0.100. The SMILES string of the molecule is CCn1cc(C(C)C)c(=O)n(C(C)C)c1=O. The lowest BCUT2D eigenvalue weighted by Crippen LogP contribution is -2.42. The van der Waals surface area contributed by atoms with E-state index in [0.29, 0.717) is 12.1 Å². The third-order valence-electron chi connectivity index (χ3n) is 2.69. The fourth-order valence-corrected chi connectivity index (χ4v) is 1.72. The van der Waals surface area contributed by atoms with Gasteiger partial charge in [-0.05, 0) is 26.7 Å². The van der Waals surface area contributed by atoms with Crippen molar-refractivity contribution in [2.75, 3.05) is 0 Å². The van der Waals surface area contributed by atoms with Crippen LogP contribution in [0.15, 0.2) is 15.8 Å². The molecule has 0 aliphatic carbocycles. The lowest BCUT2D eigenvalue weighted by molar-refractivity contribution is 0.498. The van der Waals surface area contributed by atoms with Crippen LogP contribution >= 0.6 is 0 Å². The van der Waals surface area contributed by atoms with Crippen molar-refractivity contribution in [1.29, 1.82) is 0 Å². The first-order valence-corrected chi connectivity index (χ1v) is 5.76. The van der Waals surface area contributed by atoms with Crippen molar-refractivity contribution in [1.82, 2.24) is 9.13 Å². The lowest BCUT2D eigenvalue weighted by Gasteiger charge is -2.15. The van der Waals surface area contributed by atoms with Gasteiger partial charge in [0.25, 0.3) is 5.56 Å². The van der Waals surface area contributed by atoms with E-state index in [1.165, 1.54) is 4.57 Å². The Morgan fingerprint density at radius 3 is 2.12 bits per heavy atom. The van der Waals surface area contributed by atoms with Gasteiger partial charge in [0.2, 0.25) is 0 Å². The van der Waals surface area contributed by atoms with Crippen LogP contribution in [0.25, 0.3) is 0 Å². The Morgan fingerprint density at radius 1 is 1.19 bits per heavy atom. The summed E-state index contributed by atoms with van der Waals surface area (Å²) >= 11 is 0. The van der Waals surface area contributed by atoms with Crippen molar-refractivity contribution < 1.29 is 0 Å². The van der Waals surface area contributed by atoms with Crippen molar-refractivity contribution in [3.63, 3.8) is 0 Å². The van der Waals surface area contributed by atoms with Crippen LogP contribution in [0.1, 0.15) is 52.1 Å². The number of hydrogen-bond donors (Lipinski definition) is 0. The highest BCUT2D eigenvalue weighted by molar-refractivity contribution is 5.10. The third kappa shape index (κ3) is 2.10. The molecule has 1 aromatic rings. The Kier molecular flexibility index (Phi) is 3.73. The average Bonchev–Trinajstić information content (AvgIpc) is 2.16. The molecule has 1 heterocycles. The third-order valence-corrected chi connectivity index (χ3v) is 2.69. The predicted octanol–water partition coefficient (Wildman–Crippen LogP) is 1.73. The van der Waals surface area contributed by atoms with Crippen molar-refractivity contribution in [3.05, 3.63) is 32.6 Å². The molecule has 0 saturated heterocycles. The van der Waals surface area contributed by atoms with Gasteiger partial charge in [0.05, 0.1) is 0 Å². The van der Waals surface area contributed by atoms with E-state index in [9.17, 15) is 9.59 Å². The zero-order valence-electron chi connectivity index (χ0n) is 10.7. The molecular weight excluding hydrogens is 204 g/mol. The quantitative estimate of drug-likeness (QED) is 0.785. The first-order valence-electron chi connectivity index (χ1n) is 5.76. The number of rotatable bonds is 3. The maximum atomic E-state index is 12.1. The minimum Gasteiger partial charge on any atom is -0.300 e. The van der Waals surface area contributed by atoms with Crippen LogP contribution < -0.4 is 11.2 Å². The van der Waals surface area contributed by atoms with E-state index < -0.39 is 0 Å². The van der Waals surface area contributed by atoms with E-state index in [0.717, 1.165) is 0 Å². The number of aryl methyl sites for hydroxylation is 1. The summed E-state index contributed by atoms with van der Waals surface area (Å²) < 4.78 is 2.93. The van der Waals surface area contributed by atoms with Crippen molar-refractivity contribution >= 4 is 0 Å². The Hall–Kier alpha value is -1.32.